The summed E-state index contributed by atoms with van der Waals surface area (Å²) in [5, 5.41) is 27.3. The van der Waals surface area contributed by atoms with Crippen LogP contribution in [-0.2, 0) is 5.41 Å². The normalized spacial score (nSPS) is 17.1. The smallest absolute Gasteiger partial charge is 0.208 e. The summed E-state index contributed by atoms with van der Waals surface area (Å²) in [6.07, 6.45) is 1.13. The van der Waals surface area contributed by atoms with Crippen LogP contribution in [0.1, 0.15) is 18.4 Å². The number of hydrogen-bond donors (Lipinski definition) is 2. The zero-order chi connectivity index (χ0) is 11.2. The Balaban J connectivity index is 2.65. The molecule has 2 N–H and O–H groups in total. The van der Waals surface area contributed by atoms with Crippen molar-refractivity contribution in [3.05, 3.63) is 22.5 Å². The molecule has 0 atom stereocenters. The fraction of sp³-hybridized carbons (Fsp3) is 0.300. The Hall–Kier alpha value is -1.47. The zero-order valence-corrected chi connectivity index (χ0v) is 8.35. The molecule has 0 heterocycles. The van der Waals surface area contributed by atoms with E-state index in [-0.39, 0.29) is 10.6 Å². The molecule has 0 radical (unpaired) electrons. The SMILES string of the molecule is N#CC1(c2cc(Cl)c(O)c(F)c2O)CC1. The quantitative estimate of drug-likeness (QED) is 0.775. The third-order valence-corrected chi connectivity index (χ3v) is 2.94. The van der Waals surface area contributed by atoms with Gasteiger partial charge in [-0.3, -0.25) is 0 Å². The summed E-state index contributed by atoms with van der Waals surface area (Å²) < 4.78 is 13.3. The first-order chi connectivity index (χ1) is 7.02. The molecule has 15 heavy (non-hydrogen) atoms. The van der Waals surface area contributed by atoms with Crippen LogP contribution in [0.5, 0.6) is 11.5 Å². The standard InChI is InChI=1S/C10H7ClFNO2/c11-6-3-5(10(4-13)1-2-10)8(14)7(12)9(6)15/h3,14-15H,1-2H2. The van der Waals surface area contributed by atoms with Crippen LogP contribution in [-0.4, -0.2) is 10.2 Å². The Morgan fingerprint density at radius 3 is 2.47 bits per heavy atom. The maximum absolute atomic E-state index is 13.3. The van der Waals surface area contributed by atoms with Crippen LogP contribution in [0.3, 0.4) is 0 Å². The van der Waals surface area contributed by atoms with Gasteiger partial charge in [0.1, 0.15) is 0 Å². The Kier molecular flexibility index (Phi) is 2.02. The van der Waals surface area contributed by atoms with E-state index in [4.69, 9.17) is 22.0 Å². The third kappa shape index (κ3) is 1.31. The molecule has 1 aliphatic carbocycles. The molecular formula is C10H7ClFNO2. The molecule has 0 spiro atoms. The molecule has 5 heteroatoms. The number of phenols is 2. The van der Waals surface area contributed by atoms with Crippen molar-refractivity contribution < 1.29 is 14.6 Å². The van der Waals surface area contributed by atoms with E-state index in [1.165, 1.54) is 6.07 Å². The summed E-state index contributed by atoms with van der Waals surface area (Å²) in [6.45, 7) is 0. The van der Waals surface area contributed by atoms with Crippen molar-refractivity contribution in [1.82, 2.24) is 0 Å². The van der Waals surface area contributed by atoms with Gasteiger partial charge in [-0.05, 0) is 18.9 Å². The lowest BCUT2D eigenvalue weighted by Gasteiger charge is -2.11. The van der Waals surface area contributed by atoms with Crippen LogP contribution in [0, 0.1) is 17.1 Å². The molecule has 1 aromatic rings. The molecule has 1 aliphatic rings. The minimum Gasteiger partial charge on any atom is -0.504 e. The van der Waals surface area contributed by atoms with Gasteiger partial charge in [0.25, 0.3) is 0 Å². The van der Waals surface area contributed by atoms with E-state index < -0.39 is 22.7 Å². The van der Waals surface area contributed by atoms with E-state index in [1.54, 1.807) is 0 Å². The highest BCUT2D eigenvalue weighted by Gasteiger charge is 2.47. The van der Waals surface area contributed by atoms with Crippen molar-refractivity contribution in [2.75, 3.05) is 0 Å². The number of nitriles is 1. The van der Waals surface area contributed by atoms with Crippen LogP contribution >= 0.6 is 11.6 Å². The highest BCUT2D eigenvalue weighted by atomic mass is 35.5. The molecule has 1 saturated carbocycles. The molecule has 1 fully saturated rings. The number of benzene rings is 1. The highest BCUT2D eigenvalue weighted by molar-refractivity contribution is 6.32. The van der Waals surface area contributed by atoms with Gasteiger partial charge in [0.2, 0.25) is 5.82 Å². The topological polar surface area (TPSA) is 64.2 Å². The van der Waals surface area contributed by atoms with Gasteiger partial charge in [0.15, 0.2) is 11.5 Å². The van der Waals surface area contributed by atoms with Crippen molar-refractivity contribution in [2.45, 2.75) is 18.3 Å². The van der Waals surface area contributed by atoms with Gasteiger partial charge in [0.05, 0.1) is 16.5 Å². The van der Waals surface area contributed by atoms with Gasteiger partial charge < -0.3 is 10.2 Å². The Labute approximate surface area is 90.3 Å². The van der Waals surface area contributed by atoms with Crippen LogP contribution in [0.2, 0.25) is 5.02 Å². The van der Waals surface area contributed by atoms with E-state index in [0.717, 1.165) is 0 Å². The summed E-state index contributed by atoms with van der Waals surface area (Å²) >= 11 is 5.57. The summed E-state index contributed by atoms with van der Waals surface area (Å²) in [5.41, 5.74) is -0.673. The summed E-state index contributed by atoms with van der Waals surface area (Å²) in [7, 11) is 0. The number of halogens is 2. The first-order valence-corrected chi connectivity index (χ1v) is 4.71. The molecule has 0 unspecified atom stereocenters. The molecule has 78 valence electrons. The molecule has 0 aliphatic heterocycles. The molecular weight excluding hydrogens is 221 g/mol. The average Bonchev–Trinajstić information content (AvgIpc) is 3.01. The minimum atomic E-state index is -1.17. The average molecular weight is 228 g/mol. The maximum Gasteiger partial charge on any atom is 0.208 e. The van der Waals surface area contributed by atoms with E-state index in [1.807, 2.05) is 6.07 Å². The number of hydrogen-bond acceptors (Lipinski definition) is 3. The number of nitrogens with zero attached hydrogens (tertiary/aromatic N) is 1. The second-order valence-corrected chi connectivity index (χ2v) is 4.02. The minimum absolute atomic E-state index is 0.158. The molecule has 0 saturated heterocycles. The lowest BCUT2D eigenvalue weighted by molar-refractivity contribution is 0.384. The van der Waals surface area contributed by atoms with Crippen LogP contribution in [0.4, 0.5) is 4.39 Å². The first-order valence-electron chi connectivity index (χ1n) is 4.33. The van der Waals surface area contributed by atoms with E-state index >= 15 is 0 Å². The predicted octanol–water partition coefficient (Wildman–Crippen LogP) is 2.45. The van der Waals surface area contributed by atoms with Crippen LogP contribution < -0.4 is 0 Å². The van der Waals surface area contributed by atoms with Crippen molar-refractivity contribution >= 4 is 11.6 Å². The van der Waals surface area contributed by atoms with E-state index in [0.29, 0.717) is 12.8 Å². The second kappa shape index (κ2) is 3.01. The van der Waals surface area contributed by atoms with Crippen molar-refractivity contribution in [3.8, 4) is 17.6 Å². The van der Waals surface area contributed by atoms with Gasteiger partial charge in [-0.2, -0.15) is 9.65 Å². The summed E-state index contributed by atoms with van der Waals surface area (Å²) in [6, 6.07) is 3.26. The second-order valence-electron chi connectivity index (χ2n) is 3.61. The summed E-state index contributed by atoms with van der Waals surface area (Å²) in [4.78, 5) is 0. The largest absolute Gasteiger partial charge is 0.504 e. The molecule has 0 aromatic heterocycles. The lowest BCUT2D eigenvalue weighted by atomic mass is 9.96. The fourth-order valence-corrected chi connectivity index (χ4v) is 1.72. The van der Waals surface area contributed by atoms with Crippen LogP contribution in [0.25, 0.3) is 0 Å². The molecule has 1 aromatic carbocycles. The lowest BCUT2D eigenvalue weighted by Crippen LogP contribution is -2.04. The molecule has 3 nitrogen and oxygen atoms in total. The number of phenolic OH excluding ortho intramolecular Hbond substituents is 2. The zero-order valence-electron chi connectivity index (χ0n) is 7.59. The van der Waals surface area contributed by atoms with E-state index in [9.17, 15) is 9.50 Å². The van der Waals surface area contributed by atoms with Crippen molar-refractivity contribution in [1.29, 1.82) is 5.26 Å². The van der Waals surface area contributed by atoms with Crippen molar-refractivity contribution in [2.24, 2.45) is 0 Å². The van der Waals surface area contributed by atoms with Crippen molar-refractivity contribution in [3.63, 3.8) is 0 Å². The van der Waals surface area contributed by atoms with Gasteiger partial charge in [-0.1, -0.05) is 11.6 Å². The molecule has 0 amide bonds. The van der Waals surface area contributed by atoms with Gasteiger partial charge in [-0.15, -0.1) is 0 Å². The predicted molar refractivity (Wildman–Crippen MR) is 51.3 cm³/mol. The Bertz CT molecular complexity index is 477. The first kappa shape index (κ1) is 10.1. The Morgan fingerprint density at radius 2 is 2.00 bits per heavy atom. The highest BCUT2D eigenvalue weighted by Crippen LogP contribution is 2.53. The number of aromatic hydroxyl groups is 2. The van der Waals surface area contributed by atoms with Crippen LogP contribution in [0.15, 0.2) is 6.07 Å². The number of rotatable bonds is 1. The fourth-order valence-electron chi connectivity index (χ4n) is 1.53. The summed E-state index contributed by atoms with van der Waals surface area (Å²) in [5.74, 6) is -2.64. The Morgan fingerprint density at radius 1 is 1.40 bits per heavy atom. The third-order valence-electron chi connectivity index (χ3n) is 2.65. The van der Waals surface area contributed by atoms with Gasteiger partial charge in [-0.25, -0.2) is 0 Å². The molecule has 0 bridgehead atoms. The monoisotopic (exact) mass is 227 g/mol. The van der Waals surface area contributed by atoms with Gasteiger partial charge in [0, 0.05) is 5.56 Å². The van der Waals surface area contributed by atoms with Gasteiger partial charge >= 0.3 is 0 Å². The van der Waals surface area contributed by atoms with E-state index in [2.05, 4.69) is 0 Å². The molecule has 2 rings (SSSR count). The maximum atomic E-state index is 13.3.